The Kier molecular flexibility index (Phi) is 6.68. The highest BCUT2D eigenvalue weighted by molar-refractivity contribution is 9.10. The van der Waals surface area contributed by atoms with E-state index in [1.54, 1.807) is 0 Å². The molecule has 0 fully saturated rings. The zero-order chi connectivity index (χ0) is 13.5. The second-order valence-corrected chi connectivity index (χ2v) is 5.27. The third-order valence-electron chi connectivity index (χ3n) is 2.90. The summed E-state index contributed by atoms with van der Waals surface area (Å²) in [7, 11) is 0. The molecule has 102 valence electrons. The molecule has 1 aromatic rings. The zero-order valence-corrected chi connectivity index (χ0v) is 12.6. The average Bonchev–Trinajstić information content (AvgIpc) is 2.37. The summed E-state index contributed by atoms with van der Waals surface area (Å²) in [6.07, 6.45) is 2.22. The van der Waals surface area contributed by atoms with Crippen LogP contribution in [-0.4, -0.2) is 17.8 Å². The Morgan fingerprint density at radius 2 is 2.11 bits per heavy atom. The van der Waals surface area contributed by atoms with E-state index in [0.29, 0.717) is 6.61 Å². The van der Waals surface area contributed by atoms with Gasteiger partial charge in [-0.2, -0.15) is 0 Å². The molecule has 3 N–H and O–H groups in total. The standard InChI is InChI=1S/C14H22BrNO2/c1-3-5-6-12(17)14(16)11-9-10(15)7-8-13(11)18-4-2/h7-9,12,14,17H,3-6,16H2,1-2H3/t12-,14+/m0/s1. The van der Waals surface area contributed by atoms with Gasteiger partial charge in [0.25, 0.3) is 0 Å². The van der Waals surface area contributed by atoms with Crippen molar-refractivity contribution in [2.24, 2.45) is 5.73 Å². The molecule has 0 bridgehead atoms. The van der Waals surface area contributed by atoms with Crippen LogP contribution in [0.3, 0.4) is 0 Å². The van der Waals surface area contributed by atoms with Gasteiger partial charge in [-0.1, -0.05) is 35.7 Å². The highest BCUT2D eigenvalue weighted by Gasteiger charge is 2.20. The molecule has 4 heteroatoms. The molecule has 0 aromatic heterocycles. The largest absolute Gasteiger partial charge is 0.494 e. The van der Waals surface area contributed by atoms with Crippen LogP contribution in [0.5, 0.6) is 5.75 Å². The number of hydrogen-bond acceptors (Lipinski definition) is 3. The van der Waals surface area contributed by atoms with Crippen molar-refractivity contribution in [3.63, 3.8) is 0 Å². The molecule has 0 saturated carbocycles. The van der Waals surface area contributed by atoms with Crippen LogP contribution in [0.4, 0.5) is 0 Å². The number of benzene rings is 1. The van der Waals surface area contributed by atoms with Gasteiger partial charge in [-0.05, 0) is 31.5 Å². The maximum absolute atomic E-state index is 10.1. The fraction of sp³-hybridized carbons (Fsp3) is 0.571. The van der Waals surface area contributed by atoms with E-state index in [1.165, 1.54) is 0 Å². The Morgan fingerprint density at radius 1 is 1.39 bits per heavy atom. The molecule has 0 radical (unpaired) electrons. The minimum absolute atomic E-state index is 0.407. The van der Waals surface area contributed by atoms with Crippen LogP contribution in [0, 0.1) is 0 Å². The molecule has 1 rings (SSSR count). The molecule has 0 spiro atoms. The second kappa shape index (κ2) is 7.77. The van der Waals surface area contributed by atoms with Crippen molar-refractivity contribution in [2.45, 2.75) is 45.3 Å². The predicted molar refractivity (Wildman–Crippen MR) is 77.8 cm³/mol. The second-order valence-electron chi connectivity index (χ2n) is 4.35. The maximum atomic E-state index is 10.1. The lowest BCUT2D eigenvalue weighted by molar-refractivity contribution is 0.131. The Labute approximate surface area is 117 Å². The van der Waals surface area contributed by atoms with E-state index in [2.05, 4.69) is 22.9 Å². The van der Waals surface area contributed by atoms with Gasteiger partial charge in [-0.25, -0.2) is 0 Å². The fourth-order valence-corrected chi connectivity index (χ4v) is 2.25. The highest BCUT2D eigenvalue weighted by Crippen LogP contribution is 2.30. The van der Waals surface area contributed by atoms with Crippen LogP contribution in [-0.2, 0) is 0 Å². The van der Waals surface area contributed by atoms with Gasteiger partial charge >= 0.3 is 0 Å². The number of ether oxygens (including phenoxy) is 1. The molecule has 2 atom stereocenters. The number of nitrogens with two attached hydrogens (primary N) is 1. The summed E-state index contributed by atoms with van der Waals surface area (Å²) in [5.41, 5.74) is 6.98. The highest BCUT2D eigenvalue weighted by atomic mass is 79.9. The van der Waals surface area contributed by atoms with Crippen molar-refractivity contribution in [1.29, 1.82) is 0 Å². The van der Waals surface area contributed by atoms with E-state index >= 15 is 0 Å². The van der Waals surface area contributed by atoms with Gasteiger partial charge in [-0.3, -0.25) is 0 Å². The number of rotatable bonds is 7. The van der Waals surface area contributed by atoms with Crippen molar-refractivity contribution >= 4 is 15.9 Å². The molecule has 18 heavy (non-hydrogen) atoms. The SMILES string of the molecule is CCCC[C@H](O)[C@H](N)c1cc(Br)ccc1OCC. The summed E-state index contributed by atoms with van der Waals surface area (Å²) in [6, 6.07) is 5.32. The first-order valence-electron chi connectivity index (χ1n) is 6.46. The summed E-state index contributed by atoms with van der Waals surface area (Å²) in [5, 5.41) is 10.1. The summed E-state index contributed by atoms with van der Waals surface area (Å²) in [5.74, 6) is 0.753. The van der Waals surface area contributed by atoms with E-state index in [-0.39, 0.29) is 0 Å². The summed E-state index contributed by atoms with van der Waals surface area (Å²) >= 11 is 3.42. The van der Waals surface area contributed by atoms with Gasteiger partial charge < -0.3 is 15.6 Å². The van der Waals surface area contributed by atoms with E-state index < -0.39 is 12.1 Å². The predicted octanol–water partition coefficient (Wildman–Crippen LogP) is 3.40. The molecule has 0 amide bonds. The van der Waals surface area contributed by atoms with Gasteiger partial charge in [0, 0.05) is 10.0 Å². The van der Waals surface area contributed by atoms with Crippen LogP contribution in [0.1, 0.15) is 44.7 Å². The first-order valence-corrected chi connectivity index (χ1v) is 7.25. The molecule has 3 nitrogen and oxygen atoms in total. The summed E-state index contributed by atoms with van der Waals surface area (Å²) in [6.45, 7) is 4.63. The molecule has 0 aliphatic rings. The normalized spacial score (nSPS) is 14.3. The van der Waals surface area contributed by atoms with Crippen molar-refractivity contribution in [3.05, 3.63) is 28.2 Å². The molecule has 0 heterocycles. The molecule has 1 aromatic carbocycles. The van der Waals surface area contributed by atoms with Crippen molar-refractivity contribution in [2.75, 3.05) is 6.61 Å². The van der Waals surface area contributed by atoms with Gasteiger partial charge in [0.2, 0.25) is 0 Å². The average molecular weight is 316 g/mol. The lowest BCUT2D eigenvalue weighted by Gasteiger charge is -2.21. The maximum Gasteiger partial charge on any atom is 0.124 e. The Hall–Kier alpha value is -0.580. The van der Waals surface area contributed by atoms with E-state index in [9.17, 15) is 5.11 Å². The Balaban J connectivity index is 2.87. The molecule has 0 unspecified atom stereocenters. The van der Waals surface area contributed by atoms with Crippen molar-refractivity contribution in [1.82, 2.24) is 0 Å². The van der Waals surface area contributed by atoms with Gasteiger partial charge in [0.05, 0.1) is 18.8 Å². The quantitative estimate of drug-likeness (QED) is 0.810. The Bertz CT molecular complexity index is 371. The lowest BCUT2D eigenvalue weighted by atomic mass is 9.97. The van der Waals surface area contributed by atoms with Crippen LogP contribution < -0.4 is 10.5 Å². The topological polar surface area (TPSA) is 55.5 Å². The fourth-order valence-electron chi connectivity index (χ4n) is 1.87. The molecular weight excluding hydrogens is 294 g/mol. The number of hydrogen-bond donors (Lipinski definition) is 2. The summed E-state index contributed by atoms with van der Waals surface area (Å²) in [4.78, 5) is 0. The minimum Gasteiger partial charge on any atom is -0.494 e. The van der Waals surface area contributed by atoms with Crippen LogP contribution >= 0.6 is 15.9 Å². The Morgan fingerprint density at radius 3 is 2.72 bits per heavy atom. The third-order valence-corrected chi connectivity index (χ3v) is 3.39. The zero-order valence-electron chi connectivity index (χ0n) is 11.0. The van der Waals surface area contributed by atoms with Crippen LogP contribution in [0.25, 0.3) is 0 Å². The van der Waals surface area contributed by atoms with Gasteiger partial charge in [-0.15, -0.1) is 0 Å². The van der Waals surface area contributed by atoms with E-state index in [0.717, 1.165) is 35.0 Å². The molecule has 0 aliphatic carbocycles. The molecule has 0 aliphatic heterocycles. The van der Waals surface area contributed by atoms with Gasteiger partial charge in [0.15, 0.2) is 0 Å². The van der Waals surface area contributed by atoms with E-state index in [1.807, 2.05) is 25.1 Å². The number of unbranched alkanes of at least 4 members (excludes halogenated alkanes) is 1. The minimum atomic E-state index is -0.529. The third kappa shape index (κ3) is 4.26. The van der Waals surface area contributed by atoms with Crippen molar-refractivity contribution in [3.8, 4) is 5.75 Å². The summed E-state index contributed by atoms with van der Waals surface area (Å²) < 4.78 is 6.50. The van der Waals surface area contributed by atoms with Crippen molar-refractivity contribution < 1.29 is 9.84 Å². The first-order chi connectivity index (χ1) is 8.60. The lowest BCUT2D eigenvalue weighted by Crippen LogP contribution is -2.26. The first kappa shape index (κ1) is 15.5. The smallest absolute Gasteiger partial charge is 0.124 e. The number of aliphatic hydroxyl groups excluding tert-OH is 1. The number of halogens is 1. The van der Waals surface area contributed by atoms with Crippen LogP contribution in [0.15, 0.2) is 22.7 Å². The molecule has 0 saturated heterocycles. The van der Waals surface area contributed by atoms with Gasteiger partial charge in [0.1, 0.15) is 5.75 Å². The number of aliphatic hydroxyl groups is 1. The van der Waals surface area contributed by atoms with Crippen LogP contribution in [0.2, 0.25) is 0 Å². The van der Waals surface area contributed by atoms with E-state index in [4.69, 9.17) is 10.5 Å². The molecular formula is C14H22BrNO2. The monoisotopic (exact) mass is 315 g/mol.